The van der Waals surface area contributed by atoms with Gasteiger partial charge in [0.1, 0.15) is 0 Å². The van der Waals surface area contributed by atoms with Crippen LogP contribution in [-0.4, -0.2) is 23.0 Å². The molecule has 0 heterocycles. The lowest BCUT2D eigenvalue weighted by Crippen LogP contribution is -2.49. The van der Waals surface area contributed by atoms with Crippen LogP contribution in [0.4, 0.5) is 0 Å². The smallest absolute Gasteiger partial charge is 0.310 e. The number of carbonyl (C=O) groups is 2. The third-order valence-electron chi connectivity index (χ3n) is 5.63. The average Bonchev–Trinajstić information content (AvgIpc) is 2.33. The van der Waals surface area contributed by atoms with E-state index in [4.69, 9.17) is 0 Å². The molecule has 0 aliphatic heterocycles. The molecule has 3 atom stereocenters. The first-order valence-corrected chi connectivity index (χ1v) is 8.37. The molecule has 2 aliphatic rings. The van der Waals surface area contributed by atoms with Crippen molar-refractivity contribution >= 4 is 11.9 Å². The molecule has 0 saturated heterocycles. The Labute approximate surface area is 127 Å². The second-order valence-electron chi connectivity index (χ2n) is 7.62. The van der Waals surface area contributed by atoms with Gasteiger partial charge in [-0.3, -0.25) is 9.59 Å². The molecular formula is C17H29NO3. The van der Waals surface area contributed by atoms with Crippen molar-refractivity contribution in [3.63, 3.8) is 0 Å². The van der Waals surface area contributed by atoms with Crippen molar-refractivity contribution in [1.29, 1.82) is 0 Å². The molecule has 0 aromatic heterocycles. The van der Waals surface area contributed by atoms with Gasteiger partial charge in [0.25, 0.3) is 0 Å². The molecule has 2 fully saturated rings. The first-order chi connectivity index (χ1) is 9.84. The number of carboxylic acids is 1. The van der Waals surface area contributed by atoms with Crippen molar-refractivity contribution in [3.8, 4) is 0 Å². The second-order valence-corrected chi connectivity index (χ2v) is 7.62. The Hall–Kier alpha value is -1.06. The summed E-state index contributed by atoms with van der Waals surface area (Å²) >= 11 is 0. The second kappa shape index (κ2) is 6.37. The zero-order chi connectivity index (χ0) is 15.6. The number of rotatable bonds is 5. The van der Waals surface area contributed by atoms with Gasteiger partial charge in [-0.05, 0) is 43.4 Å². The lowest BCUT2D eigenvalue weighted by Gasteiger charge is -2.40. The van der Waals surface area contributed by atoms with Crippen molar-refractivity contribution in [2.45, 2.75) is 71.8 Å². The Morgan fingerprint density at radius 1 is 1.29 bits per heavy atom. The van der Waals surface area contributed by atoms with Crippen LogP contribution in [-0.2, 0) is 9.59 Å². The third kappa shape index (κ3) is 3.58. The maximum absolute atomic E-state index is 12.3. The predicted octanol–water partition coefficient (Wildman–Crippen LogP) is 3.21. The van der Waals surface area contributed by atoms with E-state index in [1.54, 1.807) is 0 Å². The summed E-state index contributed by atoms with van der Waals surface area (Å²) in [6, 6.07) is 0.215. The molecule has 4 heteroatoms. The Kier molecular flexibility index (Phi) is 4.95. The van der Waals surface area contributed by atoms with E-state index < -0.39 is 11.4 Å². The number of carboxylic acid groups (broad SMARTS) is 1. The molecular weight excluding hydrogens is 266 g/mol. The summed E-state index contributed by atoms with van der Waals surface area (Å²) in [7, 11) is 0. The topological polar surface area (TPSA) is 66.4 Å². The maximum Gasteiger partial charge on any atom is 0.310 e. The zero-order valence-electron chi connectivity index (χ0n) is 13.5. The number of hydrogen-bond donors (Lipinski definition) is 2. The molecule has 2 saturated carbocycles. The predicted molar refractivity (Wildman–Crippen MR) is 81.8 cm³/mol. The SMILES string of the molecule is CC1CCC(C(C)C)C(NC(=O)CC2(C(=O)O)CCC2)C1. The van der Waals surface area contributed by atoms with Crippen LogP contribution in [0.2, 0.25) is 0 Å². The lowest BCUT2D eigenvalue weighted by molar-refractivity contribution is -0.157. The van der Waals surface area contributed by atoms with Crippen LogP contribution in [0, 0.1) is 23.2 Å². The first-order valence-electron chi connectivity index (χ1n) is 8.37. The molecule has 21 heavy (non-hydrogen) atoms. The van der Waals surface area contributed by atoms with Gasteiger partial charge >= 0.3 is 5.97 Å². The molecule has 2 N–H and O–H groups in total. The Balaban J connectivity index is 1.95. The highest BCUT2D eigenvalue weighted by molar-refractivity contribution is 5.85. The summed E-state index contributed by atoms with van der Waals surface area (Å²) in [5.74, 6) is 0.845. The molecule has 0 aromatic rings. The minimum atomic E-state index is -0.804. The molecule has 1 amide bonds. The fourth-order valence-corrected chi connectivity index (χ4v) is 4.00. The van der Waals surface area contributed by atoms with E-state index >= 15 is 0 Å². The number of carbonyl (C=O) groups excluding carboxylic acids is 1. The van der Waals surface area contributed by atoms with E-state index in [9.17, 15) is 14.7 Å². The van der Waals surface area contributed by atoms with E-state index in [2.05, 4.69) is 26.1 Å². The lowest BCUT2D eigenvalue weighted by atomic mass is 9.66. The minimum Gasteiger partial charge on any atom is -0.481 e. The maximum atomic E-state index is 12.3. The molecule has 2 aliphatic carbocycles. The van der Waals surface area contributed by atoms with Crippen LogP contribution in [0.5, 0.6) is 0 Å². The molecule has 0 radical (unpaired) electrons. The van der Waals surface area contributed by atoms with E-state index in [-0.39, 0.29) is 18.4 Å². The largest absolute Gasteiger partial charge is 0.481 e. The fourth-order valence-electron chi connectivity index (χ4n) is 4.00. The van der Waals surface area contributed by atoms with Gasteiger partial charge in [0.2, 0.25) is 5.91 Å². The quantitative estimate of drug-likeness (QED) is 0.818. The van der Waals surface area contributed by atoms with Crippen LogP contribution in [0.1, 0.15) is 65.7 Å². The highest BCUT2D eigenvalue weighted by Crippen LogP contribution is 2.44. The average molecular weight is 295 g/mol. The number of nitrogens with one attached hydrogen (secondary N) is 1. The zero-order valence-corrected chi connectivity index (χ0v) is 13.5. The molecule has 2 rings (SSSR count). The van der Waals surface area contributed by atoms with E-state index in [1.165, 1.54) is 6.42 Å². The van der Waals surface area contributed by atoms with Crippen molar-refractivity contribution < 1.29 is 14.7 Å². The number of aliphatic carboxylic acids is 1. The van der Waals surface area contributed by atoms with Gasteiger partial charge < -0.3 is 10.4 Å². The summed E-state index contributed by atoms with van der Waals surface area (Å²) in [5.41, 5.74) is -0.780. The molecule has 120 valence electrons. The van der Waals surface area contributed by atoms with Crippen LogP contribution < -0.4 is 5.32 Å². The van der Waals surface area contributed by atoms with Gasteiger partial charge in [-0.25, -0.2) is 0 Å². The Bertz CT molecular complexity index is 401. The van der Waals surface area contributed by atoms with Crippen molar-refractivity contribution in [2.24, 2.45) is 23.2 Å². The van der Waals surface area contributed by atoms with Crippen molar-refractivity contribution in [1.82, 2.24) is 5.32 Å². The van der Waals surface area contributed by atoms with Gasteiger partial charge in [0.15, 0.2) is 0 Å². The normalized spacial score (nSPS) is 31.5. The highest BCUT2D eigenvalue weighted by atomic mass is 16.4. The monoisotopic (exact) mass is 295 g/mol. The molecule has 0 bridgehead atoms. The van der Waals surface area contributed by atoms with Crippen LogP contribution in [0.3, 0.4) is 0 Å². The molecule has 4 nitrogen and oxygen atoms in total. The van der Waals surface area contributed by atoms with Crippen LogP contribution >= 0.6 is 0 Å². The third-order valence-corrected chi connectivity index (χ3v) is 5.63. The summed E-state index contributed by atoms with van der Waals surface area (Å²) in [6.07, 6.45) is 5.78. The molecule has 0 spiro atoms. The highest BCUT2D eigenvalue weighted by Gasteiger charge is 2.46. The van der Waals surface area contributed by atoms with E-state index in [0.29, 0.717) is 30.6 Å². The van der Waals surface area contributed by atoms with E-state index in [0.717, 1.165) is 19.3 Å². The summed E-state index contributed by atoms with van der Waals surface area (Å²) in [5, 5.41) is 12.5. The summed E-state index contributed by atoms with van der Waals surface area (Å²) < 4.78 is 0. The summed E-state index contributed by atoms with van der Waals surface area (Å²) in [6.45, 7) is 6.66. The fraction of sp³-hybridized carbons (Fsp3) is 0.882. The number of hydrogen-bond acceptors (Lipinski definition) is 2. The van der Waals surface area contributed by atoms with Gasteiger partial charge in [0.05, 0.1) is 5.41 Å². The van der Waals surface area contributed by atoms with Crippen molar-refractivity contribution in [3.05, 3.63) is 0 Å². The van der Waals surface area contributed by atoms with Gasteiger partial charge in [-0.1, -0.05) is 33.6 Å². The standard InChI is InChI=1S/C17H29NO3/c1-11(2)13-6-5-12(3)9-14(13)18-15(19)10-17(16(20)21)7-4-8-17/h11-14H,4-10H2,1-3H3,(H,18,19)(H,20,21). The Morgan fingerprint density at radius 3 is 2.43 bits per heavy atom. The van der Waals surface area contributed by atoms with Gasteiger partial charge in [-0.15, -0.1) is 0 Å². The van der Waals surface area contributed by atoms with Gasteiger partial charge in [0, 0.05) is 12.5 Å². The summed E-state index contributed by atoms with van der Waals surface area (Å²) in [4.78, 5) is 23.7. The first kappa shape index (κ1) is 16.3. The van der Waals surface area contributed by atoms with Crippen molar-refractivity contribution in [2.75, 3.05) is 0 Å². The minimum absolute atomic E-state index is 0.0677. The molecule has 3 unspecified atom stereocenters. The van der Waals surface area contributed by atoms with E-state index in [1.807, 2.05) is 0 Å². The molecule has 0 aromatic carbocycles. The van der Waals surface area contributed by atoms with Crippen LogP contribution in [0.15, 0.2) is 0 Å². The van der Waals surface area contributed by atoms with Crippen LogP contribution in [0.25, 0.3) is 0 Å². The Morgan fingerprint density at radius 2 is 1.95 bits per heavy atom. The number of amides is 1. The van der Waals surface area contributed by atoms with Gasteiger partial charge in [-0.2, -0.15) is 0 Å².